The summed E-state index contributed by atoms with van der Waals surface area (Å²) in [6.45, 7) is 8.97. The fraction of sp³-hybridized carbons (Fsp3) is 0.800. The molecule has 2 saturated carbocycles. The van der Waals surface area contributed by atoms with Crippen LogP contribution in [0.1, 0.15) is 33.1 Å². The van der Waals surface area contributed by atoms with Gasteiger partial charge in [0.2, 0.25) is 0 Å². The number of allylic oxidation sites excluding steroid dienone is 1. The van der Waals surface area contributed by atoms with E-state index in [1.807, 2.05) is 0 Å². The van der Waals surface area contributed by atoms with Crippen LogP contribution in [0.25, 0.3) is 0 Å². The van der Waals surface area contributed by atoms with Crippen LogP contribution in [-0.2, 0) is 0 Å². The van der Waals surface area contributed by atoms with Gasteiger partial charge in [-0.25, -0.2) is 0 Å². The molecule has 0 amide bonds. The van der Waals surface area contributed by atoms with E-state index in [1.54, 1.807) is 0 Å². The van der Waals surface area contributed by atoms with Gasteiger partial charge in [-0.1, -0.05) is 0 Å². The zero-order valence-corrected chi connectivity index (χ0v) is 7.91. The molecule has 0 aromatic carbocycles. The van der Waals surface area contributed by atoms with Gasteiger partial charge in [0, 0.05) is 0 Å². The van der Waals surface area contributed by atoms with E-state index >= 15 is 0 Å². The minimum absolute atomic E-state index is 0.413. The Hall–Kier alpha value is 0.337. The van der Waals surface area contributed by atoms with Crippen molar-refractivity contribution >= 4 is 17.7 Å². The molecule has 2 unspecified atom stereocenters. The Balaban J connectivity index is 2.44. The molecule has 0 radical (unpaired) electrons. The van der Waals surface area contributed by atoms with Gasteiger partial charge in [0.05, 0.1) is 0 Å². The van der Waals surface area contributed by atoms with Crippen molar-refractivity contribution in [3.63, 3.8) is 0 Å². The van der Waals surface area contributed by atoms with Crippen molar-refractivity contribution in [1.29, 1.82) is 0 Å². The van der Waals surface area contributed by atoms with Crippen molar-refractivity contribution in [2.45, 2.75) is 37.2 Å². The summed E-state index contributed by atoms with van der Waals surface area (Å²) in [4.78, 5) is 0. The first-order valence-corrected chi connectivity index (χ1v) is 4.67. The van der Waals surface area contributed by atoms with Crippen molar-refractivity contribution in [1.82, 2.24) is 0 Å². The second-order valence-electron chi connectivity index (χ2n) is 5.15. The van der Waals surface area contributed by atoms with Crippen LogP contribution in [0.15, 0.2) is 12.2 Å². The molecule has 0 aliphatic heterocycles. The predicted molar refractivity (Wildman–Crippen MR) is 48.7 cm³/mol. The number of hydrogen-bond donors (Lipinski definition) is 0. The molecule has 2 rings (SSSR count). The van der Waals surface area contributed by atoms with Crippen molar-refractivity contribution in [2.75, 3.05) is 0 Å². The average molecular weight is 142 g/mol. The molecule has 11 heavy (non-hydrogen) atoms. The van der Waals surface area contributed by atoms with Gasteiger partial charge in [0.25, 0.3) is 0 Å². The summed E-state index contributed by atoms with van der Waals surface area (Å²) in [5.74, 6) is 0.856. The number of rotatable bonds is 0. The van der Waals surface area contributed by atoms with E-state index in [1.165, 1.54) is 24.8 Å². The molecule has 2 bridgehead atoms. The van der Waals surface area contributed by atoms with Crippen molar-refractivity contribution < 1.29 is 0 Å². The fourth-order valence-corrected chi connectivity index (χ4v) is 3.00. The van der Waals surface area contributed by atoms with E-state index in [9.17, 15) is 0 Å². The molecular weight excluding hydrogens is 127 g/mol. The summed E-state index contributed by atoms with van der Waals surface area (Å²) in [5, 5.41) is 0. The molecule has 2 fully saturated rings. The topological polar surface area (TPSA) is 0 Å². The van der Waals surface area contributed by atoms with Gasteiger partial charge in [0.1, 0.15) is 0 Å². The van der Waals surface area contributed by atoms with Crippen LogP contribution in [0.2, 0.25) is 4.09 Å². The van der Waals surface area contributed by atoms with Gasteiger partial charge in [0.15, 0.2) is 0 Å². The summed E-state index contributed by atoms with van der Waals surface area (Å²) in [5.41, 5.74) is 1.93. The minimum atomic E-state index is 0.413. The van der Waals surface area contributed by atoms with Crippen LogP contribution in [-0.4, -0.2) is 17.7 Å². The van der Waals surface area contributed by atoms with Crippen molar-refractivity contribution in [3.05, 3.63) is 12.2 Å². The molecule has 0 heterocycles. The summed E-state index contributed by atoms with van der Waals surface area (Å²) in [6, 6.07) is 0. The Kier molecular flexibility index (Phi) is 1.43. The molecule has 56 valence electrons. The third kappa shape index (κ3) is 0.781. The zero-order valence-electron chi connectivity index (χ0n) is 7.91. The van der Waals surface area contributed by atoms with Gasteiger partial charge in [-0.05, 0) is 0 Å². The van der Waals surface area contributed by atoms with Gasteiger partial charge in [-0.2, -0.15) is 0 Å². The molecule has 0 N–H and O–H groups in total. The fourth-order valence-electron chi connectivity index (χ4n) is 3.00. The first-order chi connectivity index (χ1) is 4.97. The van der Waals surface area contributed by atoms with E-state index in [0.29, 0.717) is 9.50 Å². The van der Waals surface area contributed by atoms with Crippen molar-refractivity contribution in [2.24, 2.45) is 11.3 Å². The predicted octanol–water partition coefficient (Wildman–Crippen LogP) is 2.71. The molecule has 2 aliphatic rings. The van der Waals surface area contributed by atoms with Crippen LogP contribution < -0.4 is 0 Å². The van der Waals surface area contributed by atoms with Crippen LogP contribution in [0, 0.1) is 11.3 Å². The molecule has 0 saturated heterocycles. The number of fused-ring (bicyclic) bond motifs is 2. The number of hydrogen-bond acceptors (Lipinski definition) is 0. The molecule has 0 aromatic heterocycles. The molecule has 2 atom stereocenters. The van der Waals surface area contributed by atoms with Gasteiger partial charge < -0.3 is 0 Å². The Bertz CT molecular complexity index is 217. The molecule has 1 heteroatoms. The summed E-state index contributed by atoms with van der Waals surface area (Å²) in [7, 11) is 0. The molecule has 0 spiro atoms. The molecular formula is C10H15Li. The third-order valence-corrected chi connectivity index (χ3v) is 4.55. The summed E-state index contributed by atoms with van der Waals surface area (Å²) >= 11 is 2.44. The third-order valence-electron chi connectivity index (χ3n) is 4.55. The second kappa shape index (κ2) is 1.98. The quantitative estimate of drug-likeness (QED) is 0.360. The summed E-state index contributed by atoms with van der Waals surface area (Å²) in [6.07, 6.45) is 4.22. The van der Waals surface area contributed by atoms with Crippen LogP contribution >= 0.6 is 0 Å². The van der Waals surface area contributed by atoms with Crippen molar-refractivity contribution in [3.8, 4) is 0 Å². The van der Waals surface area contributed by atoms with Gasteiger partial charge in [-0.3, -0.25) is 0 Å². The van der Waals surface area contributed by atoms with Crippen LogP contribution in [0.3, 0.4) is 0 Å². The van der Waals surface area contributed by atoms with E-state index in [4.69, 9.17) is 0 Å². The van der Waals surface area contributed by atoms with E-state index in [2.05, 4.69) is 38.1 Å². The normalized spacial score (nSPS) is 46.9. The second-order valence-corrected chi connectivity index (χ2v) is 5.15. The summed E-state index contributed by atoms with van der Waals surface area (Å²) < 4.78 is 0.578. The Labute approximate surface area is 78.6 Å². The monoisotopic (exact) mass is 142 g/mol. The zero-order chi connectivity index (χ0) is 8.28. The molecule has 0 nitrogen and oxygen atoms in total. The van der Waals surface area contributed by atoms with E-state index in [-0.39, 0.29) is 0 Å². The Morgan fingerprint density at radius 1 is 1.55 bits per heavy atom. The molecule has 2 aliphatic carbocycles. The van der Waals surface area contributed by atoms with Crippen LogP contribution in [0.4, 0.5) is 0 Å². The van der Waals surface area contributed by atoms with Gasteiger partial charge >= 0.3 is 78.4 Å². The standard InChI is InChI=1S/C10H15.Li/c1-7-8-4-5-9(6-8)10(7,2)3;/h8H,1,4-6H2,2-3H3;. The van der Waals surface area contributed by atoms with E-state index < -0.39 is 0 Å². The van der Waals surface area contributed by atoms with Crippen LogP contribution in [0.5, 0.6) is 0 Å². The van der Waals surface area contributed by atoms with E-state index in [0.717, 1.165) is 5.92 Å². The van der Waals surface area contributed by atoms with Gasteiger partial charge in [-0.15, -0.1) is 0 Å². The SMILES string of the molecule is [Li][C]12CCC(C1)C(=C)C2(C)C. The Morgan fingerprint density at radius 2 is 2.18 bits per heavy atom. The average Bonchev–Trinajstić information content (AvgIpc) is 2.36. The first kappa shape index (κ1) is 7.96. The maximum absolute atomic E-state index is 4.23. The Morgan fingerprint density at radius 3 is 2.45 bits per heavy atom. The first-order valence-electron chi connectivity index (χ1n) is 4.67. The maximum atomic E-state index is 4.23. The molecule has 0 aromatic rings.